The lowest BCUT2D eigenvalue weighted by Gasteiger charge is -2.14. The van der Waals surface area contributed by atoms with E-state index in [0.29, 0.717) is 5.25 Å². The van der Waals surface area contributed by atoms with E-state index in [1.54, 1.807) is 0 Å². The van der Waals surface area contributed by atoms with Crippen LogP contribution >= 0.6 is 11.8 Å². The lowest BCUT2D eigenvalue weighted by molar-refractivity contribution is 0.212. The normalized spacial score (nSPS) is 22.2. The highest BCUT2D eigenvalue weighted by Crippen LogP contribution is 2.57. The molecule has 0 aromatic heterocycles. The number of aryl methyl sites for hydroxylation is 2. The number of thioether (sulfide) groups is 1. The summed E-state index contributed by atoms with van der Waals surface area (Å²) in [6, 6.07) is 17.4. The van der Waals surface area contributed by atoms with E-state index < -0.39 is 0 Å². The predicted octanol–water partition coefficient (Wildman–Crippen LogP) is 5.42. The van der Waals surface area contributed by atoms with Gasteiger partial charge in [0.2, 0.25) is 0 Å². The first-order chi connectivity index (χ1) is 11.1. The molecule has 1 aliphatic rings. The van der Waals surface area contributed by atoms with Crippen molar-refractivity contribution in [2.24, 2.45) is 5.41 Å². The molecule has 0 saturated heterocycles. The lowest BCUT2D eigenvalue weighted by Crippen LogP contribution is -2.14. The van der Waals surface area contributed by atoms with Gasteiger partial charge in [-0.25, -0.2) is 0 Å². The molecule has 2 heteroatoms. The molecule has 0 spiro atoms. The molecule has 0 aliphatic heterocycles. The van der Waals surface area contributed by atoms with Crippen LogP contribution in [0.25, 0.3) is 0 Å². The molecular formula is C21H28OS. The first-order valence-corrected chi connectivity index (χ1v) is 9.39. The standard InChI is InChI=1S/C19H22OS.C2H6/c1-14-3-7-16(8-4-14)11-19(13-20)12-18(19)21-17-9-5-15(2)6-10-17;1-2/h3-10,18,20H,11-13H2,1-2H3;1-2H3. The van der Waals surface area contributed by atoms with Crippen LogP contribution in [0.4, 0.5) is 0 Å². The van der Waals surface area contributed by atoms with Gasteiger partial charge in [-0.1, -0.05) is 61.4 Å². The van der Waals surface area contributed by atoms with Gasteiger partial charge in [0.1, 0.15) is 0 Å². The summed E-state index contributed by atoms with van der Waals surface area (Å²) in [6.07, 6.45) is 2.09. The van der Waals surface area contributed by atoms with Crippen molar-refractivity contribution in [3.05, 3.63) is 65.2 Å². The summed E-state index contributed by atoms with van der Waals surface area (Å²) in [7, 11) is 0. The number of benzene rings is 2. The largest absolute Gasteiger partial charge is 0.396 e. The van der Waals surface area contributed by atoms with Gasteiger partial charge in [-0.3, -0.25) is 0 Å². The van der Waals surface area contributed by atoms with Crippen LogP contribution < -0.4 is 0 Å². The highest BCUT2D eigenvalue weighted by Gasteiger charge is 2.53. The molecular weight excluding hydrogens is 300 g/mol. The summed E-state index contributed by atoms with van der Waals surface area (Å²) in [6.45, 7) is 8.50. The maximum Gasteiger partial charge on any atom is 0.0501 e. The van der Waals surface area contributed by atoms with Crippen molar-refractivity contribution in [2.45, 2.75) is 50.7 Å². The Bertz CT molecular complexity index is 603. The van der Waals surface area contributed by atoms with Crippen LogP contribution in [0.2, 0.25) is 0 Å². The van der Waals surface area contributed by atoms with Gasteiger partial charge in [-0.05, 0) is 44.4 Å². The molecule has 2 atom stereocenters. The van der Waals surface area contributed by atoms with E-state index in [1.165, 1.54) is 21.6 Å². The molecule has 2 unspecified atom stereocenters. The van der Waals surface area contributed by atoms with Crippen molar-refractivity contribution in [1.82, 2.24) is 0 Å². The molecule has 23 heavy (non-hydrogen) atoms. The number of aliphatic hydroxyl groups excluding tert-OH is 1. The van der Waals surface area contributed by atoms with Crippen molar-refractivity contribution in [3.63, 3.8) is 0 Å². The summed E-state index contributed by atoms with van der Waals surface area (Å²) >= 11 is 1.91. The minimum absolute atomic E-state index is 0.0742. The zero-order valence-electron chi connectivity index (χ0n) is 14.7. The summed E-state index contributed by atoms with van der Waals surface area (Å²) in [5.74, 6) is 0. The molecule has 1 N–H and O–H groups in total. The fourth-order valence-corrected chi connectivity index (χ4v) is 4.22. The Hall–Kier alpha value is -1.25. The Labute approximate surface area is 145 Å². The minimum Gasteiger partial charge on any atom is -0.396 e. The van der Waals surface area contributed by atoms with E-state index in [1.807, 2.05) is 25.6 Å². The average molecular weight is 329 g/mol. The van der Waals surface area contributed by atoms with Crippen LogP contribution in [0.15, 0.2) is 53.4 Å². The number of rotatable bonds is 5. The van der Waals surface area contributed by atoms with Crippen molar-refractivity contribution in [1.29, 1.82) is 0 Å². The van der Waals surface area contributed by atoms with E-state index in [9.17, 15) is 5.11 Å². The average Bonchev–Trinajstić information content (AvgIpc) is 3.26. The van der Waals surface area contributed by atoms with Crippen LogP contribution in [0.5, 0.6) is 0 Å². The van der Waals surface area contributed by atoms with Gasteiger partial charge in [0.25, 0.3) is 0 Å². The number of hydrogen-bond acceptors (Lipinski definition) is 2. The molecule has 0 amide bonds. The SMILES string of the molecule is CC.Cc1ccc(CC2(CO)CC2Sc2ccc(C)cc2)cc1. The highest BCUT2D eigenvalue weighted by atomic mass is 32.2. The van der Waals surface area contributed by atoms with Crippen molar-refractivity contribution in [3.8, 4) is 0 Å². The van der Waals surface area contributed by atoms with E-state index >= 15 is 0 Å². The number of aliphatic hydroxyl groups is 1. The zero-order chi connectivity index (χ0) is 16.9. The lowest BCUT2D eigenvalue weighted by atomic mass is 9.97. The molecule has 1 fully saturated rings. The summed E-state index contributed by atoms with van der Waals surface area (Å²) in [5, 5.41) is 10.4. The predicted molar refractivity (Wildman–Crippen MR) is 101 cm³/mol. The Balaban J connectivity index is 0.000000924. The summed E-state index contributed by atoms with van der Waals surface area (Å²) in [4.78, 5) is 1.31. The zero-order valence-corrected chi connectivity index (χ0v) is 15.5. The van der Waals surface area contributed by atoms with Crippen LogP contribution in [-0.2, 0) is 6.42 Å². The third-order valence-corrected chi connectivity index (χ3v) is 5.90. The molecule has 1 saturated carbocycles. The molecule has 0 bridgehead atoms. The summed E-state index contributed by atoms with van der Waals surface area (Å²) < 4.78 is 0. The maximum atomic E-state index is 9.85. The van der Waals surface area contributed by atoms with Crippen LogP contribution in [-0.4, -0.2) is 17.0 Å². The Morgan fingerprint density at radius 3 is 2.00 bits per heavy atom. The van der Waals surface area contributed by atoms with Crippen molar-refractivity contribution >= 4 is 11.8 Å². The molecule has 3 rings (SSSR count). The second-order valence-electron chi connectivity index (χ2n) is 6.31. The molecule has 0 radical (unpaired) electrons. The van der Waals surface area contributed by atoms with E-state index in [0.717, 1.165) is 12.8 Å². The van der Waals surface area contributed by atoms with Gasteiger partial charge in [-0.2, -0.15) is 0 Å². The monoisotopic (exact) mass is 328 g/mol. The molecule has 0 heterocycles. The second kappa shape index (κ2) is 8.03. The third kappa shape index (κ3) is 4.62. The van der Waals surface area contributed by atoms with E-state index in [2.05, 4.69) is 62.4 Å². The number of hydrogen-bond donors (Lipinski definition) is 1. The van der Waals surface area contributed by atoms with Gasteiger partial charge < -0.3 is 5.11 Å². The highest BCUT2D eigenvalue weighted by molar-refractivity contribution is 8.00. The summed E-state index contributed by atoms with van der Waals surface area (Å²) in [5.41, 5.74) is 3.99. The molecule has 2 aromatic rings. The Morgan fingerprint density at radius 1 is 0.957 bits per heavy atom. The van der Waals surface area contributed by atoms with Gasteiger partial charge in [0, 0.05) is 15.6 Å². The molecule has 2 aromatic carbocycles. The van der Waals surface area contributed by atoms with Crippen molar-refractivity contribution < 1.29 is 5.11 Å². The first-order valence-electron chi connectivity index (χ1n) is 8.51. The smallest absolute Gasteiger partial charge is 0.0501 e. The quantitative estimate of drug-likeness (QED) is 0.791. The third-order valence-electron chi connectivity index (χ3n) is 4.41. The topological polar surface area (TPSA) is 20.2 Å². The fourth-order valence-electron chi connectivity index (χ4n) is 2.78. The maximum absolute atomic E-state index is 9.85. The second-order valence-corrected chi connectivity index (χ2v) is 7.58. The van der Waals surface area contributed by atoms with Crippen molar-refractivity contribution in [2.75, 3.05) is 6.61 Å². The van der Waals surface area contributed by atoms with Gasteiger partial charge in [0.15, 0.2) is 0 Å². The van der Waals surface area contributed by atoms with Crippen LogP contribution in [0, 0.1) is 19.3 Å². The Kier molecular flexibility index (Phi) is 6.32. The fraction of sp³-hybridized carbons (Fsp3) is 0.429. The minimum atomic E-state index is 0.0742. The van der Waals surface area contributed by atoms with Gasteiger partial charge in [-0.15, -0.1) is 11.8 Å². The van der Waals surface area contributed by atoms with Gasteiger partial charge >= 0.3 is 0 Å². The Morgan fingerprint density at radius 2 is 1.48 bits per heavy atom. The molecule has 124 valence electrons. The molecule has 1 nitrogen and oxygen atoms in total. The van der Waals surface area contributed by atoms with Crippen LogP contribution in [0.3, 0.4) is 0 Å². The molecule has 1 aliphatic carbocycles. The van der Waals surface area contributed by atoms with E-state index in [-0.39, 0.29) is 12.0 Å². The van der Waals surface area contributed by atoms with Crippen LogP contribution in [0.1, 0.15) is 37.0 Å². The van der Waals surface area contributed by atoms with E-state index in [4.69, 9.17) is 0 Å². The van der Waals surface area contributed by atoms with Gasteiger partial charge in [0.05, 0.1) is 6.61 Å². The first kappa shape index (κ1) is 18.1.